The van der Waals surface area contributed by atoms with E-state index < -0.39 is 112 Å². The second-order valence-electron chi connectivity index (χ2n) is 25.4. The number of aliphatic carboxylic acids is 2. The van der Waals surface area contributed by atoms with Crippen molar-refractivity contribution in [1.82, 2.24) is 23.1 Å². The minimum Gasteiger partial charge on any atom is -0.870 e. The summed E-state index contributed by atoms with van der Waals surface area (Å²) >= 11 is 23.2. The van der Waals surface area contributed by atoms with Crippen LogP contribution in [0.3, 0.4) is 0 Å². The smallest absolute Gasteiger partial charge is 0.870 e. The monoisotopic (exact) mass is 1860 g/mol. The molecule has 1 amide bonds. The Kier molecular flexibility index (Phi) is 42.9. The van der Waals surface area contributed by atoms with Crippen LogP contribution in [-0.2, 0) is 64.1 Å². The third-order valence-electron chi connectivity index (χ3n) is 15.4. The zero-order chi connectivity index (χ0) is 75.7. The van der Waals surface area contributed by atoms with E-state index in [1.807, 2.05) is 41.5 Å². The molecule has 0 unspecified atom stereocenters. The number of rotatable bonds is 20. The number of benzene rings is 4. The Labute approximate surface area is 681 Å². The molecule has 3 aliphatic rings. The Morgan fingerprint density at radius 3 is 1.18 bits per heavy atom. The number of hydrogen-bond acceptors (Lipinski definition) is 22. The molecule has 4 aromatic carbocycles. The van der Waals surface area contributed by atoms with Gasteiger partial charge >= 0.3 is 41.5 Å². The number of carboxylic acids is 2. The maximum atomic E-state index is 13.0. The van der Waals surface area contributed by atoms with Gasteiger partial charge in [-0.15, -0.1) is 0 Å². The van der Waals surface area contributed by atoms with Crippen LogP contribution in [0.4, 0.5) is 0 Å². The van der Waals surface area contributed by atoms with E-state index in [2.05, 4.69) is 81.1 Å². The Hall–Kier alpha value is -1.22. The Morgan fingerprint density at radius 2 is 0.902 bits per heavy atom. The molecule has 102 heavy (non-hydrogen) atoms. The molecular weight excluding hydrogens is 1770 g/mol. The summed E-state index contributed by atoms with van der Waals surface area (Å²) in [6, 6.07) is 20.9. The summed E-state index contributed by atoms with van der Waals surface area (Å²) in [7, 11) is -15.2. The van der Waals surface area contributed by atoms with Crippen molar-refractivity contribution in [3.63, 3.8) is 0 Å². The number of halogens is 4. The molecule has 0 bridgehead atoms. The SMILES string of the molecule is C.CC(=O)[C@@H]1N(S(=O)(=O)c2ccc(Br)cc2)CCCSC1(C)C.CC(=O)[C@H](NS(=O)(=O)c1ccc(Br)cc1)C(C)(C)SCCCO.CC(C)(S)[C@@H](N)C(=O)O.CC1(C)SCCCN(S(=O)(=O)c2ccc(Br)cc2)[C@H]1C(=O)NO.CC1(C)SCCCN(S(=O)(=O)c2ccc(Br)cc2)[C@H]1C(=O)O.[Na+].[OH-]. The van der Waals surface area contributed by atoms with Crippen LogP contribution in [0, 0.1) is 0 Å². The number of carbonyl (C=O) groups excluding carboxylic acids is 3. The van der Waals surface area contributed by atoms with Gasteiger partial charge in [0.1, 0.15) is 29.7 Å². The van der Waals surface area contributed by atoms with Gasteiger partial charge in [-0.25, -0.2) is 39.2 Å². The number of amides is 1. The van der Waals surface area contributed by atoms with Crippen LogP contribution in [0.25, 0.3) is 0 Å². The topological polar surface area (TPSA) is 393 Å². The molecule has 3 heterocycles. The van der Waals surface area contributed by atoms with Crippen molar-refractivity contribution >= 4 is 193 Å². The average Bonchev–Trinajstić information content (AvgIpc) is 1.36. The molecule has 7 rings (SSSR count). The summed E-state index contributed by atoms with van der Waals surface area (Å²) in [5, 5.41) is 35.9. The molecule has 38 heteroatoms. The van der Waals surface area contributed by atoms with Crippen LogP contribution in [0.5, 0.6) is 0 Å². The van der Waals surface area contributed by atoms with Crippen molar-refractivity contribution in [2.45, 2.75) is 190 Å². The van der Waals surface area contributed by atoms with Crippen molar-refractivity contribution in [2.75, 3.05) is 49.3 Å². The molecule has 0 radical (unpaired) electrons. The number of thioether (sulfide) groups is 4. The largest absolute Gasteiger partial charge is 1.00 e. The summed E-state index contributed by atoms with van der Waals surface area (Å²) in [5.41, 5.74) is 6.83. The Bertz CT molecular complexity index is 3730. The fourth-order valence-electron chi connectivity index (χ4n) is 10.3. The van der Waals surface area contributed by atoms with Crippen LogP contribution < -0.4 is 45.5 Å². The first kappa shape index (κ1) is 101. The molecule has 0 aromatic heterocycles. The number of hydroxylamine groups is 1. The first-order chi connectivity index (χ1) is 45.5. The predicted molar refractivity (Wildman–Crippen MR) is 422 cm³/mol. The van der Waals surface area contributed by atoms with Gasteiger partial charge in [0.2, 0.25) is 40.1 Å². The third-order valence-corrected chi connectivity index (χ3v) is 30.7. The van der Waals surface area contributed by atoms with Crippen LogP contribution in [0.15, 0.2) is 135 Å². The quantitative estimate of drug-likeness (QED) is 0.0135. The summed E-state index contributed by atoms with van der Waals surface area (Å²) in [6.07, 6.45) is 2.61. The summed E-state index contributed by atoms with van der Waals surface area (Å²) < 4.78 is 109. The van der Waals surface area contributed by atoms with E-state index in [9.17, 15) is 62.8 Å². The van der Waals surface area contributed by atoms with E-state index in [0.29, 0.717) is 31.6 Å². The molecule has 5 atom stereocenters. The molecule has 3 saturated heterocycles. The van der Waals surface area contributed by atoms with Crippen LogP contribution in [0.2, 0.25) is 0 Å². The van der Waals surface area contributed by atoms with E-state index in [0.717, 1.165) is 45.9 Å². The minimum absolute atomic E-state index is 0. The molecule has 3 aliphatic heterocycles. The molecule has 4 aromatic rings. The first-order valence-electron chi connectivity index (χ1n) is 30.6. The van der Waals surface area contributed by atoms with Crippen molar-refractivity contribution in [1.29, 1.82) is 0 Å². The Balaban J connectivity index is 0.00000127. The number of nitrogens with zero attached hydrogens (tertiary/aromatic N) is 3. The molecule has 3 fully saturated rings. The van der Waals surface area contributed by atoms with Gasteiger partial charge in [-0.2, -0.15) is 77.3 Å². The van der Waals surface area contributed by atoms with Crippen LogP contribution in [0.1, 0.15) is 116 Å². The molecule has 572 valence electrons. The minimum atomic E-state index is -3.85. The number of carboxylic acid groups (broad SMARTS) is 2. The molecule has 9 N–H and O–H groups in total. The number of aliphatic hydroxyl groups excluding tert-OH is 1. The van der Waals surface area contributed by atoms with Gasteiger partial charge < -0.3 is 26.5 Å². The van der Waals surface area contributed by atoms with Gasteiger partial charge in [0.25, 0.3) is 5.91 Å². The van der Waals surface area contributed by atoms with Crippen molar-refractivity contribution in [2.24, 2.45) is 5.73 Å². The fourth-order valence-corrected chi connectivity index (χ4v) is 23.3. The molecule has 0 saturated carbocycles. The maximum absolute atomic E-state index is 13.0. The maximum Gasteiger partial charge on any atom is 1.00 e. The summed E-state index contributed by atoms with van der Waals surface area (Å²) in [6.45, 7) is 21.8. The zero-order valence-corrected chi connectivity index (χ0v) is 74.1. The number of ketones is 2. The van der Waals surface area contributed by atoms with E-state index in [1.54, 1.807) is 106 Å². The second kappa shape index (κ2) is 43.4. The average molecular weight is 1870 g/mol. The van der Waals surface area contributed by atoms with Crippen LogP contribution in [-0.4, -0.2) is 205 Å². The standard InChI is InChI=1S/C15H22BrNO4S2.C15H20BrNO3S2.C14H19BrN2O4S2.C14H18BrNO4S2.C5H11NO2S.CH4.Na.H2O/c1-11(19)14(15(2,3)22-10-4-9-18)17-23(20,21)13-7-5-12(16)6-8-13;1-11(18)14-15(2,3)21-10-4-9-17(14)22(19,20)13-7-5-12(16)6-8-13;1-14(2)12(13(18)16-19)17(8-3-9-22-14)23(20,21)11-6-4-10(15)5-7-11;1-14(2)12(13(17)18)16(8-3-9-21-14)22(19,20)11-6-4-10(15)5-7-11;1-5(2,9)3(6)4(7)8;;;/h5-8,14,17-18H,4,9-10H2,1-3H3;5-8,14H,4,9-10H2,1-3H3;4-7,12,19H,3,8-9H2,1-2H3,(H,16,18);4-7,12H,3,8-9H2,1-2H3,(H,17,18);3,9H,6H2,1-2H3,(H,7,8);1H4;;1H2/q;;;;;;+1;/p-1/t2*14-;2*12-;3-;;;/m00000.../s1. The third kappa shape index (κ3) is 29.2. The van der Waals surface area contributed by atoms with Crippen molar-refractivity contribution in [3.8, 4) is 0 Å². The van der Waals surface area contributed by atoms with Gasteiger partial charge in [0, 0.05) is 67.9 Å². The van der Waals surface area contributed by atoms with E-state index in [1.165, 1.54) is 94.1 Å². The molecule has 0 spiro atoms. The number of aliphatic hydroxyl groups is 1. The van der Waals surface area contributed by atoms with E-state index in [4.69, 9.17) is 21.2 Å². The zero-order valence-electron chi connectivity index (χ0n) is 58.3. The normalized spacial score (nSPS) is 19.4. The predicted octanol–water partition coefficient (Wildman–Crippen LogP) is 8.50. The van der Waals surface area contributed by atoms with Gasteiger partial charge in [-0.3, -0.25) is 29.2 Å². The number of hydrogen-bond donors (Lipinski definition) is 8. The van der Waals surface area contributed by atoms with Gasteiger partial charge in [-0.1, -0.05) is 71.1 Å². The first-order valence-corrected chi connectivity index (χ1v) is 44.0. The molecule has 0 aliphatic carbocycles. The second-order valence-corrected chi connectivity index (χ2v) is 44.6. The van der Waals surface area contributed by atoms with E-state index in [-0.39, 0.29) is 93.3 Å². The Morgan fingerprint density at radius 1 is 0.598 bits per heavy atom. The number of nitrogens with one attached hydrogen (secondary N) is 2. The number of Topliss-reactive ketones (excluding diaryl/α,β-unsaturated/α-hetero) is 2. The number of thiol groups is 1. The summed E-state index contributed by atoms with van der Waals surface area (Å²) in [4.78, 5) is 58.9. The summed E-state index contributed by atoms with van der Waals surface area (Å²) in [5.74, 6) is -0.221. The number of nitrogens with two attached hydrogens (primary N) is 1. The molecular formula is C64H95Br4N6NaO18S9. The molecule has 24 nitrogen and oxygen atoms in total. The fraction of sp³-hybridized carbons (Fsp3) is 0.547. The van der Waals surface area contributed by atoms with Crippen molar-refractivity contribution in [3.05, 3.63) is 115 Å². The van der Waals surface area contributed by atoms with E-state index >= 15 is 0 Å². The van der Waals surface area contributed by atoms with Gasteiger partial charge in [0.15, 0.2) is 0 Å². The van der Waals surface area contributed by atoms with Crippen LogP contribution >= 0.6 is 123 Å². The van der Waals surface area contributed by atoms with Gasteiger partial charge in [0.05, 0.1) is 31.7 Å². The van der Waals surface area contributed by atoms with Crippen molar-refractivity contribution < 1.29 is 113 Å². The number of carbonyl (C=O) groups is 5. The van der Waals surface area contributed by atoms with Gasteiger partial charge in [-0.05, 0) is 229 Å². The number of sulfonamides is 4.